The van der Waals surface area contributed by atoms with Crippen LogP contribution >= 0.6 is 0 Å². The van der Waals surface area contributed by atoms with E-state index in [0.717, 1.165) is 19.3 Å². The van der Waals surface area contributed by atoms with Gasteiger partial charge in [-0.05, 0) is 48.2 Å². The summed E-state index contributed by atoms with van der Waals surface area (Å²) in [5, 5.41) is 66.7. The van der Waals surface area contributed by atoms with E-state index < -0.39 is 59.4 Å². The third-order valence-electron chi connectivity index (χ3n) is 8.45. The molecule has 0 spiro atoms. The zero-order valence-electron chi connectivity index (χ0n) is 22.7. The van der Waals surface area contributed by atoms with E-state index in [4.69, 9.17) is 9.47 Å². The van der Waals surface area contributed by atoms with Crippen molar-refractivity contribution in [3.05, 3.63) is 70.8 Å². The topological polar surface area (TPSA) is 174 Å². The first-order valence-electron chi connectivity index (χ1n) is 13.7. The van der Waals surface area contributed by atoms with Crippen LogP contribution in [0.3, 0.4) is 0 Å². The molecule has 2 fully saturated rings. The molecule has 2 saturated carbocycles. The first kappa shape index (κ1) is 30.1. The molecule has 2 aliphatic carbocycles. The van der Waals surface area contributed by atoms with Crippen LogP contribution in [0.25, 0.3) is 0 Å². The highest BCUT2D eigenvalue weighted by molar-refractivity contribution is 5.90. The van der Waals surface area contributed by atoms with Gasteiger partial charge in [0.1, 0.15) is 22.9 Å². The van der Waals surface area contributed by atoms with Gasteiger partial charge in [-0.25, -0.2) is 9.59 Å². The number of carbonyl (C=O) groups excluding carboxylic acids is 2. The number of aliphatic hydroxyl groups is 6. The fourth-order valence-corrected chi connectivity index (χ4v) is 6.24. The van der Waals surface area contributed by atoms with Crippen molar-refractivity contribution < 1.29 is 49.7 Å². The van der Waals surface area contributed by atoms with Crippen molar-refractivity contribution >= 4 is 11.9 Å². The second kappa shape index (κ2) is 11.6. The Hall–Kier alpha value is -2.86. The summed E-state index contributed by atoms with van der Waals surface area (Å²) in [5.41, 5.74) is -6.20. The molecule has 40 heavy (non-hydrogen) atoms. The summed E-state index contributed by atoms with van der Waals surface area (Å²) in [5.74, 6) is -3.73. The molecule has 0 aliphatic heterocycles. The number of hydrogen-bond donors (Lipinski definition) is 6. The van der Waals surface area contributed by atoms with Crippen molar-refractivity contribution in [2.45, 2.75) is 80.4 Å². The summed E-state index contributed by atoms with van der Waals surface area (Å²) >= 11 is 0. The molecule has 0 amide bonds. The Balaban J connectivity index is 1.61. The quantitative estimate of drug-likeness (QED) is 0.165. The number of hydrogen-bond acceptors (Lipinski definition) is 10. The van der Waals surface area contributed by atoms with E-state index in [2.05, 4.69) is 0 Å². The van der Waals surface area contributed by atoms with E-state index in [-0.39, 0.29) is 29.9 Å². The SMILES string of the molecule is CCCCOC(=O)c1ccc(C2C(O)[C@@]3(O)C(c4ccc(C(=O)OCCCC)cc4)[C@@](O)([C@H](O)CO)[C@@]23O)cc1. The van der Waals surface area contributed by atoms with Crippen LogP contribution in [0.4, 0.5) is 0 Å². The molecule has 0 radical (unpaired) electrons. The lowest BCUT2D eigenvalue weighted by atomic mass is 9.30. The van der Waals surface area contributed by atoms with Gasteiger partial charge in [-0.1, -0.05) is 51.0 Å². The Morgan fingerprint density at radius 2 is 1.27 bits per heavy atom. The zero-order chi connectivity index (χ0) is 29.3. The molecule has 4 rings (SSSR count). The smallest absolute Gasteiger partial charge is 0.338 e. The number of carbonyl (C=O) groups is 2. The molecule has 0 bridgehead atoms. The maximum atomic E-state index is 12.3. The lowest BCUT2D eigenvalue weighted by Crippen LogP contribution is -2.99. The minimum atomic E-state index is -2.47. The number of aliphatic hydroxyl groups excluding tert-OH is 3. The van der Waals surface area contributed by atoms with Gasteiger partial charge in [0.2, 0.25) is 0 Å². The Morgan fingerprint density at radius 3 is 1.70 bits per heavy atom. The lowest BCUT2D eigenvalue weighted by Gasteiger charge is -2.80. The van der Waals surface area contributed by atoms with Crippen LogP contribution in [-0.4, -0.2) is 91.4 Å². The van der Waals surface area contributed by atoms with E-state index in [1.54, 1.807) is 0 Å². The summed E-state index contributed by atoms with van der Waals surface area (Å²) in [6.45, 7) is 3.55. The van der Waals surface area contributed by atoms with Gasteiger partial charge in [0, 0.05) is 5.92 Å². The van der Waals surface area contributed by atoms with E-state index in [1.165, 1.54) is 48.5 Å². The van der Waals surface area contributed by atoms with Gasteiger partial charge in [0.05, 0.1) is 43.0 Å². The van der Waals surface area contributed by atoms with E-state index in [1.807, 2.05) is 13.8 Å². The highest BCUT2D eigenvalue weighted by Gasteiger charge is 2.93. The van der Waals surface area contributed by atoms with Gasteiger partial charge < -0.3 is 40.1 Å². The van der Waals surface area contributed by atoms with Crippen molar-refractivity contribution in [1.29, 1.82) is 0 Å². The molecule has 10 nitrogen and oxygen atoms in total. The predicted molar refractivity (Wildman–Crippen MR) is 143 cm³/mol. The molecule has 10 heteroatoms. The fourth-order valence-electron chi connectivity index (χ4n) is 6.24. The van der Waals surface area contributed by atoms with Crippen LogP contribution in [-0.2, 0) is 9.47 Å². The first-order valence-corrected chi connectivity index (χ1v) is 13.7. The van der Waals surface area contributed by atoms with Crippen LogP contribution in [0.5, 0.6) is 0 Å². The molecule has 0 saturated heterocycles. The van der Waals surface area contributed by atoms with E-state index >= 15 is 0 Å². The van der Waals surface area contributed by atoms with Crippen LogP contribution in [0.15, 0.2) is 48.5 Å². The highest BCUT2D eigenvalue weighted by Crippen LogP contribution is 2.75. The summed E-state index contributed by atoms with van der Waals surface area (Å²) in [6.07, 6.45) is -0.289. The molecule has 7 atom stereocenters. The molecule has 0 aromatic heterocycles. The molecule has 0 heterocycles. The molecule has 2 aromatic carbocycles. The number of unbranched alkanes of at least 4 members (excludes halogenated alkanes) is 2. The van der Waals surface area contributed by atoms with Gasteiger partial charge in [-0.15, -0.1) is 0 Å². The van der Waals surface area contributed by atoms with Crippen molar-refractivity contribution in [2.24, 2.45) is 0 Å². The van der Waals surface area contributed by atoms with Crippen LogP contribution in [0, 0.1) is 0 Å². The zero-order valence-corrected chi connectivity index (χ0v) is 22.7. The van der Waals surface area contributed by atoms with Crippen molar-refractivity contribution in [3.63, 3.8) is 0 Å². The average molecular weight is 559 g/mol. The second-order valence-corrected chi connectivity index (χ2v) is 10.7. The Kier molecular flexibility index (Phi) is 8.70. The Bertz CT molecular complexity index is 1200. The molecule has 3 unspecified atom stereocenters. The summed E-state index contributed by atoms with van der Waals surface area (Å²) in [4.78, 5) is 24.6. The maximum Gasteiger partial charge on any atom is 0.338 e. The molecule has 2 aliphatic rings. The van der Waals surface area contributed by atoms with Gasteiger partial charge in [-0.2, -0.15) is 0 Å². The molecule has 2 aromatic rings. The third kappa shape index (κ3) is 4.34. The lowest BCUT2D eigenvalue weighted by molar-refractivity contribution is -0.459. The summed E-state index contributed by atoms with van der Waals surface area (Å²) in [7, 11) is 0. The second-order valence-electron chi connectivity index (χ2n) is 10.7. The fraction of sp³-hybridized carbons (Fsp3) is 0.533. The van der Waals surface area contributed by atoms with Gasteiger partial charge >= 0.3 is 11.9 Å². The van der Waals surface area contributed by atoms with Crippen molar-refractivity contribution in [3.8, 4) is 0 Å². The molecular weight excluding hydrogens is 520 g/mol. The Labute approximate surface area is 232 Å². The minimum absolute atomic E-state index is 0.230. The van der Waals surface area contributed by atoms with E-state index in [0.29, 0.717) is 12.0 Å². The highest BCUT2D eigenvalue weighted by atomic mass is 16.5. The van der Waals surface area contributed by atoms with Crippen LogP contribution < -0.4 is 0 Å². The maximum absolute atomic E-state index is 12.3. The standard InChI is InChI=1S/C30H38O10/c1-3-5-15-39-26(34)20-11-7-18(8-12-20)23-25(33)29(37)24(28(36,22(32)17-31)30(23,29)38)19-9-13-21(14-10-19)27(35)40-16-6-4-2/h7-14,22-25,31-33,36-38H,3-6,15-17H2,1-2H3/t22-,23?,24?,25?,28+,29+,30+/m1/s1. The monoisotopic (exact) mass is 558 g/mol. The Morgan fingerprint density at radius 1 is 0.825 bits per heavy atom. The van der Waals surface area contributed by atoms with E-state index in [9.17, 15) is 40.2 Å². The predicted octanol–water partition coefficient (Wildman–Crippen LogP) is 1.40. The molecule has 218 valence electrons. The number of ether oxygens (including phenoxy) is 2. The van der Waals surface area contributed by atoms with Crippen molar-refractivity contribution in [2.75, 3.05) is 19.8 Å². The average Bonchev–Trinajstić information content (AvgIpc) is 2.97. The minimum Gasteiger partial charge on any atom is -0.462 e. The largest absolute Gasteiger partial charge is 0.462 e. The summed E-state index contributed by atoms with van der Waals surface area (Å²) < 4.78 is 10.4. The normalized spacial score (nSPS) is 31.4. The number of esters is 2. The number of rotatable bonds is 12. The van der Waals surface area contributed by atoms with Crippen LogP contribution in [0.1, 0.15) is 83.2 Å². The molecular formula is C30H38O10. The summed E-state index contributed by atoms with van der Waals surface area (Å²) in [6, 6.07) is 11.6. The number of benzene rings is 2. The van der Waals surface area contributed by atoms with Gasteiger partial charge in [0.25, 0.3) is 0 Å². The first-order chi connectivity index (χ1) is 19.0. The van der Waals surface area contributed by atoms with Crippen LogP contribution in [0.2, 0.25) is 0 Å². The van der Waals surface area contributed by atoms with Gasteiger partial charge in [-0.3, -0.25) is 0 Å². The third-order valence-corrected chi connectivity index (χ3v) is 8.45. The van der Waals surface area contributed by atoms with Crippen molar-refractivity contribution in [1.82, 2.24) is 0 Å². The molecule has 6 N–H and O–H groups in total. The number of fused-ring (bicyclic) bond motifs is 1. The van der Waals surface area contributed by atoms with Gasteiger partial charge in [0.15, 0.2) is 0 Å².